The zero-order chi connectivity index (χ0) is 13.8. The number of hydrogen-bond acceptors (Lipinski definition) is 1. The van der Waals surface area contributed by atoms with E-state index in [9.17, 15) is 0 Å². The molecule has 0 bridgehead atoms. The molecule has 0 atom stereocenters. The first kappa shape index (κ1) is 12.7. The molecule has 1 aromatic heterocycles. The maximum Gasteiger partial charge on any atom is 0.103 e. The van der Waals surface area contributed by atoms with E-state index >= 15 is 0 Å². The van der Waals surface area contributed by atoms with Crippen molar-refractivity contribution in [2.75, 3.05) is 6.61 Å². The summed E-state index contributed by atoms with van der Waals surface area (Å²) in [6, 6.07) is 8.74. The normalized spacial score (nSPS) is 18.6. The van der Waals surface area contributed by atoms with Crippen LogP contribution >= 0.6 is 0 Å². The van der Waals surface area contributed by atoms with Crippen LogP contribution in [0.25, 0.3) is 10.9 Å². The van der Waals surface area contributed by atoms with Gasteiger partial charge in [0.05, 0.1) is 12.3 Å². The highest BCUT2D eigenvalue weighted by Gasteiger charge is 2.37. The Bertz CT molecular complexity index is 628. The average molecular weight is 257 g/mol. The molecule has 0 aliphatic carbocycles. The number of benzene rings is 1. The van der Waals surface area contributed by atoms with E-state index in [1.807, 2.05) is 0 Å². The van der Waals surface area contributed by atoms with Crippen LogP contribution in [0.3, 0.4) is 0 Å². The summed E-state index contributed by atoms with van der Waals surface area (Å²) in [6.45, 7) is 13.0. The Labute approximate surface area is 115 Å². The summed E-state index contributed by atoms with van der Waals surface area (Å²) in [5.41, 5.74) is 4.05. The minimum absolute atomic E-state index is 0.123. The quantitative estimate of drug-likeness (QED) is 0.689. The molecule has 1 aromatic carbocycles. The molecule has 1 aliphatic rings. The third-order valence-electron chi connectivity index (χ3n) is 4.07. The summed E-state index contributed by atoms with van der Waals surface area (Å²) in [4.78, 5) is 0. The van der Waals surface area contributed by atoms with Crippen LogP contribution in [-0.2, 0) is 22.3 Å². The fraction of sp³-hybridized carbons (Fsp3) is 0.529. The molecule has 0 spiro atoms. The van der Waals surface area contributed by atoms with E-state index in [1.165, 1.54) is 22.2 Å². The van der Waals surface area contributed by atoms with Crippen molar-refractivity contribution < 1.29 is 4.74 Å². The lowest BCUT2D eigenvalue weighted by molar-refractivity contribution is -0.0505. The zero-order valence-electron chi connectivity index (χ0n) is 12.6. The van der Waals surface area contributed by atoms with Crippen LogP contribution in [0.2, 0.25) is 0 Å². The summed E-state index contributed by atoms with van der Waals surface area (Å²) in [5, 5.41) is 1.38. The van der Waals surface area contributed by atoms with Crippen LogP contribution < -0.4 is 0 Å². The lowest BCUT2D eigenvalue weighted by Gasteiger charge is -2.36. The molecular formula is C17H23NO. The van der Waals surface area contributed by atoms with Crippen molar-refractivity contribution in [3.8, 4) is 0 Å². The maximum absolute atomic E-state index is 6.04. The molecule has 0 unspecified atom stereocenters. The zero-order valence-corrected chi connectivity index (χ0v) is 12.6. The number of para-hydroxylation sites is 1. The number of ether oxygens (including phenoxy) is 1. The van der Waals surface area contributed by atoms with Gasteiger partial charge in [-0.3, -0.25) is 0 Å². The van der Waals surface area contributed by atoms with Crippen molar-refractivity contribution in [1.29, 1.82) is 0 Å². The van der Waals surface area contributed by atoms with Crippen molar-refractivity contribution in [3.05, 3.63) is 35.5 Å². The summed E-state index contributed by atoms with van der Waals surface area (Å²) in [7, 11) is 0. The highest BCUT2D eigenvalue weighted by atomic mass is 16.5. The summed E-state index contributed by atoms with van der Waals surface area (Å²) in [5.74, 6) is 0. The molecular weight excluding hydrogens is 234 g/mol. The van der Waals surface area contributed by atoms with Crippen molar-refractivity contribution >= 4 is 10.9 Å². The van der Waals surface area contributed by atoms with Gasteiger partial charge in [-0.1, -0.05) is 39.0 Å². The van der Waals surface area contributed by atoms with Gasteiger partial charge in [0.15, 0.2) is 0 Å². The van der Waals surface area contributed by atoms with Crippen molar-refractivity contribution in [2.24, 2.45) is 0 Å². The highest BCUT2D eigenvalue weighted by molar-refractivity contribution is 5.87. The summed E-state index contributed by atoms with van der Waals surface area (Å²) >= 11 is 0. The molecule has 0 fully saturated rings. The van der Waals surface area contributed by atoms with Gasteiger partial charge in [0.1, 0.15) is 5.60 Å². The molecule has 1 aliphatic heterocycles. The minimum atomic E-state index is -0.208. The van der Waals surface area contributed by atoms with Crippen molar-refractivity contribution in [3.63, 3.8) is 0 Å². The van der Waals surface area contributed by atoms with Gasteiger partial charge in [-0.15, -0.1) is 0 Å². The Hall–Kier alpha value is -1.28. The number of aromatic nitrogens is 1. The van der Waals surface area contributed by atoms with Crippen LogP contribution in [0.15, 0.2) is 24.3 Å². The minimum Gasteiger partial charge on any atom is -0.367 e. The van der Waals surface area contributed by atoms with Gasteiger partial charge >= 0.3 is 0 Å². The van der Waals surface area contributed by atoms with E-state index < -0.39 is 0 Å². The molecule has 0 N–H and O–H groups in total. The third-order valence-corrected chi connectivity index (χ3v) is 4.07. The van der Waals surface area contributed by atoms with Gasteiger partial charge in [-0.2, -0.15) is 0 Å². The smallest absolute Gasteiger partial charge is 0.103 e. The van der Waals surface area contributed by atoms with Crippen LogP contribution in [-0.4, -0.2) is 11.2 Å². The van der Waals surface area contributed by atoms with E-state index in [2.05, 4.69) is 63.5 Å². The van der Waals surface area contributed by atoms with E-state index in [0.717, 1.165) is 13.2 Å². The van der Waals surface area contributed by atoms with Crippen molar-refractivity contribution in [1.82, 2.24) is 4.57 Å². The Morgan fingerprint density at radius 2 is 1.84 bits per heavy atom. The predicted molar refractivity (Wildman–Crippen MR) is 79.6 cm³/mol. The molecule has 2 nitrogen and oxygen atoms in total. The lowest BCUT2D eigenvalue weighted by Crippen LogP contribution is -2.35. The molecule has 0 amide bonds. The second-order valence-electron chi connectivity index (χ2n) is 7.00. The first-order valence-corrected chi connectivity index (χ1v) is 7.08. The van der Waals surface area contributed by atoms with Gasteiger partial charge in [0.25, 0.3) is 0 Å². The predicted octanol–water partition coefficient (Wildman–Crippen LogP) is 4.20. The van der Waals surface area contributed by atoms with E-state index in [-0.39, 0.29) is 11.0 Å². The molecule has 2 heteroatoms. The van der Waals surface area contributed by atoms with Gasteiger partial charge in [0.2, 0.25) is 0 Å². The molecule has 19 heavy (non-hydrogen) atoms. The molecule has 2 heterocycles. The molecule has 102 valence electrons. The Morgan fingerprint density at radius 1 is 1.16 bits per heavy atom. The van der Waals surface area contributed by atoms with E-state index in [0.29, 0.717) is 0 Å². The van der Waals surface area contributed by atoms with E-state index in [1.54, 1.807) is 0 Å². The molecule has 2 aromatic rings. The van der Waals surface area contributed by atoms with Crippen LogP contribution in [0.5, 0.6) is 0 Å². The van der Waals surface area contributed by atoms with Crippen molar-refractivity contribution in [2.45, 2.75) is 52.2 Å². The lowest BCUT2D eigenvalue weighted by atomic mass is 9.81. The van der Waals surface area contributed by atoms with Crippen LogP contribution in [0, 0.1) is 0 Å². The Kier molecular flexibility index (Phi) is 2.59. The van der Waals surface area contributed by atoms with E-state index in [4.69, 9.17) is 4.74 Å². The van der Waals surface area contributed by atoms with Gasteiger partial charge in [-0.25, -0.2) is 0 Å². The second-order valence-corrected chi connectivity index (χ2v) is 7.00. The molecule has 0 saturated carbocycles. The summed E-state index contributed by atoms with van der Waals surface area (Å²) < 4.78 is 8.49. The first-order chi connectivity index (χ1) is 8.82. The number of hydrogen-bond donors (Lipinski definition) is 0. The summed E-state index contributed by atoms with van der Waals surface area (Å²) in [6.07, 6.45) is 0. The van der Waals surface area contributed by atoms with Gasteiger partial charge < -0.3 is 9.30 Å². The molecule has 3 rings (SSSR count). The molecule has 0 saturated heterocycles. The number of nitrogens with zero attached hydrogens (tertiary/aromatic N) is 1. The standard InChI is InChI=1S/C17H23NO/c1-16(2,3)14-12-8-6-7-9-13(12)18-10-11-19-17(4,5)15(14)18/h6-9H,10-11H2,1-5H3. The fourth-order valence-electron chi connectivity index (χ4n) is 3.38. The van der Waals surface area contributed by atoms with Gasteiger partial charge in [0, 0.05) is 17.4 Å². The Morgan fingerprint density at radius 3 is 2.53 bits per heavy atom. The highest BCUT2D eigenvalue weighted by Crippen LogP contribution is 2.43. The van der Waals surface area contributed by atoms with Gasteiger partial charge in [-0.05, 0) is 30.9 Å². The average Bonchev–Trinajstić information content (AvgIpc) is 2.65. The first-order valence-electron chi connectivity index (χ1n) is 7.08. The second kappa shape index (κ2) is 3.86. The maximum atomic E-state index is 6.04. The molecule has 0 radical (unpaired) electrons. The SMILES string of the molecule is CC(C)(C)c1c2n(c3ccccc13)CCOC2(C)C. The largest absolute Gasteiger partial charge is 0.367 e. The third kappa shape index (κ3) is 1.81. The topological polar surface area (TPSA) is 14.2 Å². The van der Waals surface area contributed by atoms with Crippen LogP contribution in [0.1, 0.15) is 45.9 Å². The number of fused-ring (bicyclic) bond motifs is 3. The number of rotatable bonds is 0. The van der Waals surface area contributed by atoms with Crippen LogP contribution in [0.4, 0.5) is 0 Å². The monoisotopic (exact) mass is 257 g/mol. The Balaban J connectivity index is 2.46. The fourth-order valence-corrected chi connectivity index (χ4v) is 3.38.